The van der Waals surface area contributed by atoms with E-state index in [0.29, 0.717) is 33.7 Å². The number of methoxy groups -OCH3 is 1. The normalized spacial score (nSPS) is 10.5. The highest BCUT2D eigenvalue weighted by molar-refractivity contribution is 7.99. The van der Waals surface area contributed by atoms with E-state index in [1.165, 1.54) is 19.2 Å². The molecule has 0 aliphatic heterocycles. The number of nitrogens with zero attached hydrogens (tertiary/aromatic N) is 3. The summed E-state index contributed by atoms with van der Waals surface area (Å²) in [4.78, 5) is 12.7. The van der Waals surface area contributed by atoms with Crippen LogP contribution < -0.4 is 9.47 Å². The summed E-state index contributed by atoms with van der Waals surface area (Å²) < 4.78 is 24.6. The third kappa shape index (κ3) is 4.06. The minimum absolute atomic E-state index is 0.368. The van der Waals surface area contributed by atoms with Crippen LogP contribution in [-0.2, 0) is 0 Å². The van der Waals surface area contributed by atoms with Crippen LogP contribution in [0.2, 0.25) is 0 Å². The van der Waals surface area contributed by atoms with Crippen LogP contribution in [0.15, 0.2) is 54.1 Å². The molecule has 0 fully saturated rings. The van der Waals surface area contributed by atoms with Gasteiger partial charge in [0, 0.05) is 23.4 Å². The van der Waals surface area contributed by atoms with Gasteiger partial charge in [-0.15, -0.1) is 0 Å². The molecule has 2 heterocycles. The highest BCUT2D eigenvalue weighted by Gasteiger charge is 2.14. The molecule has 0 bridgehead atoms. The summed E-state index contributed by atoms with van der Waals surface area (Å²) in [6.45, 7) is 2.04. The van der Waals surface area contributed by atoms with E-state index in [1.54, 1.807) is 42.5 Å². The second-order valence-corrected chi connectivity index (χ2v) is 6.17. The Kier molecular flexibility index (Phi) is 5.45. The summed E-state index contributed by atoms with van der Waals surface area (Å²) >= 11 is 1.55. The van der Waals surface area contributed by atoms with E-state index in [-0.39, 0.29) is 5.82 Å². The molecule has 0 N–H and O–H groups in total. The Labute approximate surface area is 149 Å². The van der Waals surface area contributed by atoms with Gasteiger partial charge in [0.2, 0.25) is 5.88 Å². The Balaban J connectivity index is 1.94. The molecule has 25 heavy (non-hydrogen) atoms. The average molecular weight is 357 g/mol. The quantitative estimate of drug-likeness (QED) is 0.475. The van der Waals surface area contributed by atoms with Gasteiger partial charge in [-0.3, -0.25) is 0 Å². The van der Waals surface area contributed by atoms with Gasteiger partial charge >= 0.3 is 0 Å². The summed E-state index contributed by atoms with van der Waals surface area (Å²) in [5, 5.41) is 0.691. The topological polar surface area (TPSA) is 57.1 Å². The summed E-state index contributed by atoms with van der Waals surface area (Å²) in [6, 6.07) is 7.94. The van der Waals surface area contributed by atoms with Crippen molar-refractivity contribution in [1.82, 2.24) is 15.0 Å². The Bertz CT molecular complexity index is 859. The lowest BCUT2D eigenvalue weighted by molar-refractivity contribution is 0.412. The number of thioether (sulfide) groups is 1. The Morgan fingerprint density at radius 2 is 1.88 bits per heavy atom. The maximum Gasteiger partial charge on any atom is 0.227 e. The van der Waals surface area contributed by atoms with Gasteiger partial charge in [0.05, 0.1) is 19.5 Å². The Morgan fingerprint density at radius 3 is 2.60 bits per heavy atom. The first-order chi connectivity index (χ1) is 12.2. The molecule has 0 saturated heterocycles. The molecular weight excluding hydrogens is 341 g/mol. The third-order valence-corrected chi connectivity index (χ3v) is 4.08. The van der Waals surface area contributed by atoms with Gasteiger partial charge in [0.1, 0.15) is 11.6 Å². The zero-order chi connectivity index (χ0) is 17.6. The van der Waals surface area contributed by atoms with Gasteiger partial charge in [0.15, 0.2) is 10.9 Å². The number of hydrogen-bond acceptors (Lipinski definition) is 6. The highest BCUT2D eigenvalue weighted by atomic mass is 32.2. The lowest BCUT2D eigenvalue weighted by atomic mass is 10.1. The molecule has 128 valence electrons. The zero-order valence-corrected chi connectivity index (χ0v) is 14.6. The lowest BCUT2D eigenvalue weighted by Crippen LogP contribution is -1.96. The maximum absolute atomic E-state index is 13.5. The summed E-state index contributed by atoms with van der Waals surface area (Å²) in [5.41, 5.74) is 1.37. The van der Waals surface area contributed by atoms with Crippen LogP contribution in [0.3, 0.4) is 0 Å². The van der Waals surface area contributed by atoms with Gasteiger partial charge in [-0.05, 0) is 30.0 Å². The van der Waals surface area contributed by atoms with E-state index in [9.17, 15) is 4.39 Å². The first-order valence-corrected chi connectivity index (χ1v) is 8.61. The molecule has 3 aromatic rings. The van der Waals surface area contributed by atoms with Crippen LogP contribution in [0.4, 0.5) is 4.39 Å². The fourth-order valence-corrected chi connectivity index (χ4v) is 2.75. The van der Waals surface area contributed by atoms with Crippen molar-refractivity contribution in [2.45, 2.75) is 12.1 Å². The molecule has 0 spiro atoms. The molecular formula is C18H16FN3O2S. The second kappa shape index (κ2) is 7.94. The lowest BCUT2D eigenvalue weighted by Gasteiger charge is -2.12. The second-order valence-electron chi connectivity index (χ2n) is 4.94. The first-order valence-electron chi connectivity index (χ1n) is 7.63. The van der Waals surface area contributed by atoms with Gasteiger partial charge in [-0.1, -0.05) is 18.7 Å². The van der Waals surface area contributed by atoms with E-state index in [2.05, 4.69) is 15.0 Å². The predicted octanol–water partition coefficient (Wildman–Crippen LogP) is 4.59. The standard InChI is InChI=1S/C18H16FN3O2S/c1-3-25-18-21-10-13(11-22-18)24-17-15(5-4-8-20-17)14-7-6-12(19)9-16(14)23-2/h4-11H,3H2,1-2H3. The van der Waals surface area contributed by atoms with Gasteiger partial charge in [0.25, 0.3) is 0 Å². The molecule has 0 radical (unpaired) electrons. The van der Waals surface area contributed by atoms with Crippen molar-refractivity contribution >= 4 is 11.8 Å². The van der Waals surface area contributed by atoms with Crippen molar-refractivity contribution < 1.29 is 13.9 Å². The molecule has 3 rings (SSSR count). The molecule has 0 unspecified atom stereocenters. The Morgan fingerprint density at radius 1 is 1.08 bits per heavy atom. The van der Waals surface area contributed by atoms with Crippen molar-refractivity contribution in [2.24, 2.45) is 0 Å². The van der Waals surface area contributed by atoms with E-state index >= 15 is 0 Å². The summed E-state index contributed by atoms with van der Waals surface area (Å²) in [7, 11) is 1.49. The zero-order valence-electron chi connectivity index (χ0n) is 13.8. The van der Waals surface area contributed by atoms with Gasteiger partial charge < -0.3 is 9.47 Å². The minimum Gasteiger partial charge on any atom is -0.496 e. The molecule has 0 saturated carbocycles. The predicted molar refractivity (Wildman–Crippen MR) is 94.7 cm³/mol. The SMILES string of the molecule is CCSc1ncc(Oc2ncccc2-c2ccc(F)cc2OC)cn1. The molecule has 0 amide bonds. The molecule has 0 atom stereocenters. The Hall–Kier alpha value is -2.67. The van der Waals surface area contributed by atoms with Crippen LogP contribution in [0, 0.1) is 5.82 Å². The maximum atomic E-state index is 13.5. The number of halogens is 1. The number of ether oxygens (including phenoxy) is 2. The van der Waals surface area contributed by atoms with E-state index in [4.69, 9.17) is 9.47 Å². The molecule has 7 heteroatoms. The van der Waals surface area contributed by atoms with Gasteiger partial charge in [-0.25, -0.2) is 19.3 Å². The molecule has 5 nitrogen and oxygen atoms in total. The number of hydrogen-bond donors (Lipinski definition) is 0. The van der Waals surface area contributed by atoms with E-state index < -0.39 is 0 Å². The molecule has 0 aliphatic carbocycles. The van der Waals surface area contributed by atoms with Crippen molar-refractivity contribution in [1.29, 1.82) is 0 Å². The largest absolute Gasteiger partial charge is 0.496 e. The molecule has 1 aromatic carbocycles. The van der Waals surface area contributed by atoms with Crippen molar-refractivity contribution in [3.8, 4) is 28.5 Å². The van der Waals surface area contributed by atoms with Crippen LogP contribution >= 0.6 is 11.8 Å². The van der Waals surface area contributed by atoms with E-state index in [0.717, 1.165) is 5.75 Å². The van der Waals surface area contributed by atoms with Crippen molar-refractivity contribution in [3.63, 3.8) is 0 Å². The van der Waals surface area contributed by atoms with Crippen LogP contribution in [0.5, 0.6) is 17.4 Å². The smallest absolute Gasteiger partial charge is 0.227 e. The molecule has 2 aromatic heterocycles. The van der Waals surface area contributed by atoms with Crippen molar-refractivity contribution in [2.75, 3.05) is 12.9 Å². The number of benzene rings is 1. The van der Waals surface area contributed by atoms with Crippen molar-refractivity contribution in [3.05, 3.63) is 54.7 Å². The molecule has 0 aliphatic rings. The van der Waals surface area contributed by atoms with Gasteiger partial charge in [-0.2, -0.15) is 0 Å². The van der Waals surface area contributed by atoms with Crippen LogP contribution in [0.25, 0.3) is 11.1 Å². The summed E-state index contributed by atoms with van der Waals surface area (Å²) in [6.07, 6.45) is 4.83. The number of pyridine rings is 1. The highest BCUT2D eigenvalue weighted by Crippen LogP contribution is 2.37. The summed E-state index contributed by atoms with van der Waals surface area (Å²) in [5.74, 6) is 1.77. The third-order valence-electron chi connectivity index (χ3n) is 3.32. The van der Waals surface area contributed by atoms with Crippen LogP contribution in [-0.4, -0.2) is 27.8 Å². The average Bonchev–Trinajstić information content (AvgIpc) is 2.64. The van der Waals surface area contributed by atoms with E-state index in [1.807, 2.05) is 13.0 Å². The monoisotopic (exact) mass is 357 g/mol. The first kappa shape index (κ1) is 17.2. The fraction of sp³-hybridized carbons (Fsp3) is 0.167. The number of rotatable bonds is 6. The van der Waals surface area contributed by atoms with Crippen LogP contribution in [0.1, 0.15) is 6.92 Å². The minimum atomic E-state index is -0.371. The fourth-order valence-electron chi connectivity index (χ4n) is 2.24. The number of aromatic nitrogens is 3.